The van der Waals surface area contributed by atoms with Crippen LogP contribution in [0.5, 0.6) is 5.75 Å². The minimum absolute atomic E-state index is 0.0342. The summed E-state index contributed by atoms with van der Waals surface area (Å²) in [5, 5.41) is 0. The van der Waals surface area contributed by atoms with Crippen LogP contribution in [0.2, 0.25) is 0 Å². The Bertz CT molecular complexity index is 549. The summed E-state index contributed by atoms with van der Waals surface area (Å²) < 4.78 is 11.9. The van der Waals surface area contributed by atoms with E-state index in [1.165, 1.54) is 11.7 Å². The Kier molecular flexibility index (Phi) is 6.00. The molecule has 6 heteroatoms. The summed E-state index contributed by atoms with van der Waals surface area (Å²) in [6, 6.07) is 3.29. The lowest BCUT2D eigenvalue weighted by Crippen LogP contribution is -2.34. The SMILES string of the molecule is COc1cccn(CC(=O)N(C)CCC[C@@H]2CCCO2)c1=O. The van der Waals surface area contributed by atoms with Gasteiger partial charge in [0.15, 0.2) is 5.75 Å². The molecule has 122 valence electrons. The van der Waals surface area contributed by atoms with Crippen LogP contribution in [-0.4, -0.2) is 48.8 Å². The fourth-order valence-electron chi connectivity index (χ4n) is 2.61. The van der Waals surface area contributed by atoms with Gasteiger partial charge >= 0.3 is 0 Å². The first kappa shape index (κ1) is 16.5. The van der Waals surface area contributed by atoms with Crippen LogP contribution >= 0.6 is 0 Å². The molecule has 22 heavy (non-hydrogen) atoms. The van der Waals surface area contributed by atoms with Crippen LogP contribution in [0, 0.1) is 0 Å². The first-order valence-electron chi connectivity index (χ1n) is 7.71. The zero-order valence-corrected chi connectivity index (χ0v) is 13.3. The van der Waals surface area contributed by atoms with E-state index in [0.717, 1.165) is 32.3 Å². The quantitative estimate of drug-likeness (QED) is 0.761. The molecule has 0 unspecified atom stereocenters. The predicted octanol–water partition coefficient (Wildman–Crippen LogP) is 1.27. The molecule has 0 N–H and O–H groups in total. The number of pyridine rings is 1. The molecule has 1 aliphatic heterocycles. The number of nitrogens with zero attached hydrogens (tertiary/aromatic N) is 2. The van der Waals surface area contributed by atoms with Crippen molar-refractivity contribution in [2.45, 2.75) is 38.3 Å². The molecule has 0 radical (unpaired) electrons. The third kappa shape index (κ3) is 4.34. The highest BCUT2D eigenvalue weighted by molar-refractivity contribution is 5.75. The van der Waals surface area contributed by atoms with Crippen molar-refractivity contribution < 1.29 is 14.3 Å². The first-order chi connectivity index (χ1) is 10.6. The van der Waals surface area contributed by atoms with E-state index in [1.807, 2.05) is 0 Å². The number of ether oxygens (including phenoxy) is 2. The smallest absolute Gasteiger partial charge is 0.293 e. The lowest BCUT2D eigenvalue weighted by Gasteiger charge is -2.19. The maximum atomic E-state index is 12.2. The zero-order chi connectivity index (χ0) is 15.9. The van der Waals surface area contributed by atoms with Gasteiger partial charge in [0.2, 0.25) is 5.91 Å². The molecular weight excluding hydrogens is 284 g/mol. The largest absolute Gasteiger partial charge is 0.491 e. The molecule has 2 heterocycles. The second-order valence-corrected chi connectivity index (χ2v) is 5.60. The maximum Gasteiger partial charge on any atom is 0.293 e. The van der Waals surface area contributed by atoms with E-state index in [-0.39, 0.29) is 23.8 Å². The van der Waals surface area contributed by atoms with Crippen molar-refractivity contribution in [1.29, 1.82) is 0 Å². The summed E-state index contributed by atoms with van der Waals surface area (Å²) >= 11 is 0. The molecule has 1 aromatic heterocycles. The van der Waals surface area contributed by atoms with Gasteiger partial charge in [0.25, 0.3) is 5.56 Å². The number of hydrogen-bond donors (Lipinski definition) is 0. The number of carbonyl (C=O) groups is 1. The average molecular weight is 308 g/mol. The Balaban J connectivity index is 1.82. The molecule has 0 aromatic carbocycles. The van der Waals surface area contributed by atoms with E-state index in [4.69, 9.17) is 9.47 Å². The van der Waals surface area contributed by atoms with Crippen molar-refractivity contribution in [3.63, 3.8) is 0 Å². The lowest BCUT2D eigenvalue weighted by molar-refractivity contribution is -0.130. The van der Waals surface area contributed by atoms with Gasteiger partial charge < -0.3 is 18.9 Å². The zero-order valence-electron chi connectivity index (χ0n) is 13.3. The Morgan fingerprint density at radius 3 is 3.05 bits per heavy atom. The number of likely N-dealkylation sites (N-methyl/N-ethyl adjacent to an activating group) is 1. The molecule has 1 saturated heterocycles. The Morgan fingerprint density at radius 2 is 2.36 bits per heavy atom. The van der Waals surface area contributed by atoms with Gasteiger partial charge in [-0.25, -0.2) is 0 Å². The summed E-state index contributed by atoms with van der Waals surface area (Å²) in [6.07, 6.45) is 6.11. The fourth-order valence-corrected chi connectivity index (χ4v) is 2.61. The molecule has 1 aromatic rings. The molecule has 2 rings (SSSR count). The monoisotopic (exact) mass is 308 g/mol. The minimum atomic E-state index is -0.286. The van der Waals surface area contributed by atoms with E-state index in [0.29, 0.717) is 12.6 Å². The van der Waals surface area contributed by atoms with E-state index in [2.05, 4.69) is 0 Å². The number of hydrogen-bond acceptors (Lipinski definition) is 4. The molecule has 6 nitrogen and oxygen atoms in total. The number of carbonyl (C=O) groups excluding carboxylic acids is 1. The van der Waals surface area contributed by atoms with Crippen molar-refractivity contribution >= 4 is 5.91 Å². The number of amides is 1. The predicted molar refractivity (Wildman–Crippen MR) is 83.1 cm³/mol. The van der Waals surface area contributed by atoms with Crippen LogP contribution in [-0.2, 0) is 16.1 Å². The molecule has 0 aliphatic carbocycles. The molecule has 1 fully saturated rings. The summed E-state index contributed by atoms with van der Waals surface area (Å²) in [5.74, 6) is 0.166. The van der Waals surface area contributed by atoms with E-state index >= 15 is 0 Å². The van der Waals surface area contributed by atoms with Crippen molar-refractivity contribution in [3.05, 3.63) is 28.7 Å². The third-order valence-corrected chi connectivity index (χ3v) is 3.98. The summed E-state index contributed by atoms with van der Waals surface area (Å²) in [5.41, 5.74) is -0.286. The molecule has 1 amide bonds. The number of rotatable bonds is 7. The summed E-state index contributed by atoms with van der Waals surface area (Å²) in [4.78, 5) is 25.8. The molecule has 0 saturated carbocycles. The maximum absolute atomic E-state index is 12.2. The molecule has 0 bridgehead atoms. The normalized spacial score (nSPS) is 17.5. The van der Waals surface area contributed by atoms with E-state index in [1.54, 1.807) is 30.3 Å². The molecule has 1 aliphatic rings. The van der Waals surface area contributed by atoms with Crippen LogP contribution in [0.1, 0.15) is 25.7 Å². The standard InChI is InChI=1S/C16H24N2O4/c1-17(9-3-6-13-7-5-11-22-13)15(19)12-18-10-4-8-14(21-2)16(18)20/h4,8,10,13H,3,5-7,9,11-12H2,1-2H3/t13-/m1/s1. The van der Waals surface area contributed by atoms with E-state index in [9.17, 15) is 9.59 Å². The first-order valence-corrected chi connectivity index (χ1v) is 7.71. The summed E-state index contributed by atoms with van der Waals surface area (Å²) in [7, 11) is 3.21. The third-order valence-electron chi connectivity index (χ3n) is 3.98. The highest BCUT2D eigenvalue weighted by Crippen LogP contribution is 2.16. The topological polar surface area (TPSA) is 60.8 Å². The van der Waals surface area contributed by atoms with Gasteiger partial charge in [0.1, 0.15) is 6.54 Å². The van der Waals surface area contributed by atoms with Crippen LogP contribution in [0.4, 0.5) is 0 Å². The van der Waals surface area contributed by atoms with Gasteiger partial charge in [0.05, 0.1) is 13.2 Å². The summed E-state index contributed by atoms with van der Waals surface area (Å²) in [6.45, 7) is 1.57. The van der Waals surface area contributed by atoms with Crippen LogP contribution in [0.3, 0.4) is 0 Å². The molecular formula is C16H24N2O4. The van der Waals surface area contributed by atoms with Crippen LogP contribution in [0.25, 0.3) is 0 Å². The van der Waals surface area contributed by atoms with Crippen LogP contribution in [0.15, 0.2) is 23.1 Å². The van der Waals surface area contributed by atoms with Gasteiger partial charge in [-0.05, 0) is 37.8 Å². The Morgan fingerprint density at radius 1 is 1.55 bits per heavy atom. The van der Waals surface area contributed by atoms with Crippen molar-refractivity contribution in [1.82, 2.24) is 9.47 Å². The Hall–Kier alpha value is -1.82. The molecule has 1 atom stereocenters. The number of methoxy groups -OCH3 is 1. The number of aromatic nitrogens is 1. The Labute approximate surface area is 130 Å². The minimum Gasteiger partial charge on any atom is -0.491 e. The second-order valence-electron chi connectivity index (χ2n) is 5.60. The van der Waals surface area contributed by atoms with E-state index < -0.39 is 0 Å². The fraction of sp³-hybridized carbons (Fsp3) is 0.625. The van der Waals surface area contributed by atoms with Gasteiger partial charge in [-0.1, -0.05) is 0 Å². The average Bonchev–Trinajstić information content (AvgIpc) is 3.02. The van der Waals surface area contributed by atoms with Gasteiger partial charge in [-0.3, -0.25) is 9.59 Å². The van der Waals surface area contributed by atoms with Gasteiger partial charge in [-0.2, -0.15) is 0 Å². The van der Waals surface area contributed by atoms with Gasteiger partial charge in [0, 0.05) is 26.4 Å². The highest BCUT2D eigenvalue weighted by atomic mass is 16.5. The van der Waals surface area contributed by atoms with Crippen molar-refractivity contribution in [2.75, 3.05) is 27.3 Å². The van der Waals surface area contributed by atoms with Crippen LogP contribution < -0.4 is 10.3 Å². The lowest BCUT2D eigenvalue weighted by atomic mass is 10.1. The van der Waals surface area contributed by atoms with Gasteiger partial charge in [-0.15, -0.1) is 0 Å². The second kappa shape index (κ2) is 7.98. The van der Waals surface area contributed by atoms with Crippen molar-refractivity contribution in [2.24, 2.45) is 0 Å². The highest BCUT2D eigenvalue weighted by Gasteiger charge is 2.16. The molecule has 0 spiro atoms. The van der Waals surface area contributed by atoms with Crippen molar-refractivity contribution in [3.8, 4) is 5.75 Å².